The predicted octanol–water partition coefficient (Wildman–Crippen LogP) is 1.44. The van der Waals surface area contributed by atoms with Gasteiger partial charge in [0.15, 0.2) is 0 Å². The van der Waals surface area contributed by atoms with E-state index in [9.17, 15) is 4.79 Å². The van der Waals surface area contributed by atoms with E-state index in [1.165, 1.54) is 4.90 Å². The van der Waals surface area contributed by atoms with E-state index in [-0.39, 0.29) is 17.8 Å². The topological polar surface area (TPSA) is 91.8 Å². The lowest BCUT2D eigenvalue weighted by atomic mass is 10.2. The Morgan fingerprint density at radius 2 is 2.39 bits per heavy atom. The third-order valence-corrected chi connectivity index (χ3v) is 3.22. The fourth-order valence-corrected chi connectivity index (χ4v) is 1.82. The van der Waals surface area contributed by atoms with Gasteiger partial charge in [0.1, 0.15) is 11.5 Å². The molecule has 0 radical (unpaired) electrons. The van der Waals surface area contributed by atoms with Crippen LogP contribution in [0.15, 0.2) is 28.0 Å². The lowest BCUT2D eigenvalue weighted by Gasteiger charge is -2.24. The quantitative estimate of drug-likeness (QED) is 0.381. The third kappa shape index (κ3) is 3.43. The summed E-state index contributed by atoms with van der Waals surface area (Å²) in [6.45, 7) is 1.81. The molecule has 0 bridgehead atoms. The largest absolute Gasteiger partial charge is 0.409 e. The van der Waals surface area contributed by atoms with E-state index >= 15 is 0 Å². The zero-order chi connectivity index (χ0) is 13.7. The number of halogens is 1. The number of amidine groups is 1. The van der Waals surface area contributed by atoms with Gasteiger partial charge in [-0.1, -0.05) is 5.16 Å². The number of pyridine rings is 1. The molecule has 1 amide bonds. The molecular formula is C11H15BrN4O2. The first-order valence-electron chi connectivity index (χ1n) is 5.31. The van der Waals surface area contributed by atoms with Crippen molar-refractivity contribution in [1.82, 2.24) is 9.88 Å². The van der Waals surface area contributed by atoms with Crippen molar-refractivity contribution in [2.24, 2.45) is 10.9 Å². The molecule has 3 N–H and O–H groups in total. The van der Waals surface area contributed by atoms with Gasteiger partial charge in [-0.05, 0) is 35.0 Å². The Hall–Kier alpha value is -1.63. The van der Waals surface area contributed by atoms with Crippen LogP contribution in [0, 0.1) is 0 Å². The molecule has 1 heterocycles. The number of carbonyl (C=O) groups is 1. The van der Waals surface area contributed by atoms with Crippen molar-refractivity contribution in [2.75, 3.05) is 7.05 Å². The molecule has 1 atom stereocenters. The third-order valence-electron chi connectivity index (χ3n) is 2.58. The van der Waals surface area contributed by atoms with Crippen molar-refractivity contribution >= 4 is 27.7 Å². The zero-order valence-electron chi connectivity index (χ0n) is 10.2. The predicted molar refractivity (Wildman–Crippen MR) is 71.5 cm³/mol. The minimum Gasteiger partial charge on any atom is -0.409 e. The highest BCUT2D eigenvalue weighted by molar-refractivity contribution is 9.10. The van der Waals surface area contributed by atoms with Gasteiger partial charge < -0.3 is 15.8 Å². The lowest BCUT2D eigenvalue weighted by molar-refractivity contribution is 0.0740. The van der Waals surface area contributed by atoms with E-state index in [0.29, 0.717) is 16.6 Å². The second-order valence-electron chi connectivity index (χ2n) is 3.89. The van der Waals surface area contributed by atoms with E-state index in [1.807, 2.05) is 6.92 Å². The van der Waals surface area contributed by atoms with Gasteiger partial charge in [-0.2, -0.15) is 0 Å². The van der Waals surface area contributed by atoms with Crippen LogP contribution in [0.4, 0.5) is 0 Å². The molecule has 0 aliphatic heterocycles. The normalized spacial score (nSPS) is 13.2. The van der Waals surface area contributed by atoms with Crippen molar-refractivity contribution < 1.29 is 10.0 Å². The van der Waals surface area contributed by atoms with Crippen LogP contribution in [-0.4, -0.2) is 39.9 Å². The maximum atomic E-state index is 12.2. The summed E-state index contributed by atoms with van der Waals surface area (Å²) in [4.78, 5) is 17.7. The second kappa shape index (κ2) is 6.34. The van der Waals surface area contributed by atoms with Crippen LogP contribution in [-0.2, 0) is 0 Å². The van der Waals surface area contributed by atoms with Gasteiger partial charge in [-0.25, -0.2) is 4.98 Å². The molecule has 0 aliphatic rings. The van der Waals surface area contributed by atoms with Crippen LogP contribution < -0.4 is 5.73 Å². The Labute approximate surface area is 114 Å². The van der Waals surface area contributed by atoms with Gasteiger partial charge in [0.2, 0.25) is 0 Å². The number of amides is 1. The summed E-state index contributed by atoms with van der Waals surface area (Å²) >= 11 is 3.28. The van der Waals surface area contributed by atoms with Crippen LogP contribution >= 0.6 is 15.9 Å². The number of rotatable bonds is 4. The van der Waals surface area contributed by atoms with E-state index < -0.39 is 0 Å². The molecule has 0 fully saturated rings. The summed E-state index contributed by atoms with van der Waals surface area (Å²) in [7, 11) is 1.65. The number of aromatic nitrogens is 1. The van der Waals surface area contributed by atoms with E-state index in [4.69, 9.17) is 10.9 Å². The zero-order valence-corrected chi connectivity index (χ0v) is 11.8. The Balaban J connectivity index is 2.81. The summed E-state index contributed by atoms with van der Waals surface area (Å²) in [5, 5.41) is 11.4. The molecule has 1 aromatic heterocycles. The summed E-state index contributed by atoms with van der Waals surface area (Å²) in [5.41, 5.74) is 5.76. The maximum absolute atomic E-state index is 12.2. The molecule has 0 aliphatic carbocycles. The molecule has 98 valence electrons. The second-order valence-corrected chi connectivity index (χ2v) is 4.75. The van der Waals surface area contributed by atoms with E-state index in [2.05, 4.69) is 26.1 Å². The van der Waals surface area contributed by atoms with Gasteiger partial charge in [0.25, 0.3) is 5.91 Å². The fourth-order valence-electron chi connectivity index (χ4n) is 1.39. The molecule has 0 saturated heterocycles. The Morgan fingerprint density at radius 3 is 2.94 bits per heavy atom. The van der Waals surface area contributed by atoms with Crippen molar-refractivity contribution in [1.29, 1.82) is 0 Å². The van der Waals surface area contributed by atoms with Crippen LogP contribution in [0.25, 0.3) is 0 Å². The van der Waals surface area contributed by atoms with Gasteiger partial charge in [0, 0.05) is 30.2 Å². The van der Waals surface area contributed by atoms with Crippen LogP contribution in [0.5, 0.6) is 0 Å². The van der Waals surface area contributed by atoms with E-state index in [1.54, 1.807) is 25.4 Å². The fraction of sp³-hybridized carbons (Fsp3) is 0.364. The summed E-state index contributed by atoms with van der Waals surface area (Å²) < 4.78 is 0.637. The number of nitrogens with zero attached hydrogens (tertiary/aromatic N) is 3. The van der Waals surface area contributed by atoms with Crippen molar-refractivity contribution in [3.05, 3.63) is 28.5 Å². The van der Waals surface area contributed by atoms with Gasteiger partial charge in [-0.3, -0.25) is 4.79 Å². The first kappa shape index (κ1) is 14.4. The smallest absolute Gasteiger partial charge is 0.273 e. The van der Waals surface area contributed by atoms with Crippen LogP contribution in [0.1, 0.15) is 23.8 Å². The molecule has 18 heavy (non-hydrogen) atoms. The number of carbonyl (C=O) groups excluding carboxylic acids is 1. The summed E-state index contributed by atoms with van der Waals surface area (Å²) in [5.74, 6) is -0.136. The molecular weight excluding hydrogens is 300 g/mol. The molecule has 7 heteroatoms. The lowest BCUT2D eigenvalue weighted by Crippen LogP contribution is -2.38. The first-order chi connectivity index (χ1) is 8.47. The van der Waals surface area contributed by atoms with Gasteiger partial charge in [0.05, 0.1) is 0 Å². The molecule has 1 unspecified atom stereocenters. The summed E-state index contributed by atoms with van der Waals surface area (Å²) in [6, 6.07) is 3.30. The van der Waals surface area contributed by atoms with E-state index in [0.717, 1.165) is 0 Å². The SMILES string of the molecule is CC(C/C(N)=N/O)N(C)C(=O)c1ncccc1Br. The average molecular weight is 315 g/mol. The van der Waals surface area contributed by atoms with Gasteiger partial charge in [-0.15, -0.1) is 0 Å². The van der Waals surface area contributed by atoms with Gasteiger partial charge >= 0.3 is 0 Å². The number of oxime groups is 1. The Morgan fingerprint density at radius 1 is 1.72 bits per heavy atom. The highest BCUT2D eigenvalue weighted by atomic mass is 79.9. The number of nitrogens with two attached hydrogens (primary N) is 1. The first-order valence-corrected chi connectivity index (χ1v) is 6.10. The van der Waals surface area contributed by atoms with Crippen molar-refractivity contribution in [3.8, 4) is 0 Å². The Kier molecular flexibility index (Phi) is 5.08. The highest BCUT2D eigenvalue weighted by Crippen LogP contribution is 2.16. The maximum Gasteiger partial charge on any atom is 0.273 e. The number of hydrogen-bond donors (Lipinski definition) is 2. The van der Waals surface area contributed by atoms with Crippen molar-refractivity contribution in [2.45, 2.75) is 19.4 Å². The summed E-state index contributed by atoms with van der Waals surface area (Å²) in [6.07, 6.45) is 1.85. The minimum absolute atomic E-state index is 0.0854. The molecule has 1 rings (SSSR count). The van der Waals surface area contributed by atoms with Crippen molar-refractivity contribution in [3.63, 3.8) is 0 Å². The molecule has 0 spiro atoms. The average Bonchev–Trinajstić information content (AvgIpc) is 2.37. The standard InChI is InChI=1S/C11H15BrN4O2/c1-7(6-9(13)15-18)16(2)11(17)10-8(12)4-3-5-14-10/h3-5,7,18H,6H2,1-2H3,(H2,13,15). The highest BCUT2D eigenvalue weighted by Gasteiger charge is 2.21. The molecule has 0 saturated carbocycles. The molecule has 0 aromatic carbocycles. The minimum atomic E-state index is -0.222. The van der Waals surface area contributed by atoms with Crippen LogP contribution in [0.2, 0.25) is 0 Å². The molecule has 6 nitrogen and oxygen atoms in total. The van der Waals surface area contributed by atoms with Crippen LogP contribution in [0.3, 0.4) is 0 Å². The Bertz CT molecular complexity index is 464. The number of hydrogen-bond acceptors (Lipinski definition) is 4. The molecule has 1 aromatic rings. The monoisotopic (exact) mass is 314 g/mol.